The number of nitrogens with one attached hydrogen (secondary N) is 1. The molecule has 1 aromatic heterocycles. The average molecular weight is 279 g/mol. The first-order chi connectivity index (χ1) is 9.65. The quantitative estimate of drug-likeness (QED) is 0.763. The summed E-state index contributed by atoms with van der Waals surface area (Å²) in [7, 11) is 0. The molecule has 0 saturated heterocycles. The summed E-state index contributed by atoms with van der Waals surface area (Å²) >= 11 is 0. The summed E-state index contributed by atoms with van der Waals surface area (Å²) in [5, 5.41) is 12.2. The zero-order valence-electron chi connectivity index (χ0n) is 12.6. The van der Waals surface area contributed by atoms with Crippen LogP contribution in [0.15, 0.2) is 12.1 Å². The number of hydrogen-bond donors (Lipinski definition) is 2. The van der Waals surface area contributed by atoms with E-state index in [2.05, 4.69) is 17.2 Å². The molecule has 1 rings (SSSR count). The second-order valence-corrected chi connectivity index (χ2v) is 4.62. The first kappa shape index (κ1) is 16.4. The lowest BCUT2D eigenvalue weighted by molar-refractivity contribution is 0.0732. The third kappa shape index (κ3) is 4.49. The molecular weight excluding hydrogens is 254 g/mol. The third-order valence-corrected chi connectivity index (χ3v) is 3.08. The van der Waals surface area contributed by atoms with Gasteiger partial charge in [-0.2, -0.15) is 0 Å². The van der Waals surface area contributed by atoms with Gasteiger partial charge in [0.15, 0.2) is 0 Å². The summed E-state index contributed by atoms with van der Waals surface area (Å²) in [6, 6.07) is 3.62. The van der Waals surface area contributed by atoms with Crippen LogP contribution in [-0.4, -0.2) is 47.1 Å². The Morgan fingerprint density at radius 2 is 2.10 bits per heavy atom. The fourth-order valence-electron chi connectivity index (χ4n) is 1.94. The Morgan fingerprint density at radius 1 is 1.35 bits per heavy atom. The minimum absolute atomic E-state index is 0.0216. The van der Waals surface area contributed by atoms with E-state index in [1.165, 1.54) is 0 Å². The molecule has 5 nitrogen and oxygen atoms in total. The Morgan fingerprint density at radius 3 is 2.65 bits per heavy atom. The Bertz CT molecular complexity index is 435. The van der Waals surface area contributed by atoms with Crippen molar-refractivity contribution in [3.8, 4) is 0 Å². The number of carbonyl (C=O) groups excluding carboxylic acids is 1. The van der Waals surface area contributed by atoms with Crippen LogP contribution < -0.4 is 5.32 Å². The van der Waals surface area contributed by atoms with E-state index in [1.807, 2.05) is 19.9 Å². The number of amides is 1. The van der Waals surface area contributed by atoms with E-state index in [0.717, 1.165) is 30.9 Å². The lowest BCUT2D eigenvalue weighted by atomic mass is 10.1. The second kappa shape index (κ2) is 8.53. The van der Waals surface area contributed by atoms with Crippen LogP contribution in [0.1, 0.15) is 43.2 Å². The number of hydrogen-bond acceptors (Lipinski definition) is 4. The van der Waals surface area contributed by atoms with Gasteiger partial charge in [0, 0.05) is 30.9 Å². The lowest BCUT2D eigenvalue weighted by Gasteiger charge is -2.20. The number of aliphatic hydroxyl groups excluding tert-OH is 1. The molecule has 0 fully saturated rings. The van der Waals surface area contributed by atoms with Gasteiger partial charge in [0.1, 0.15) is 5.82 Å². The number of aromatic nitrogens is 1. The van der Waals surface area contributed by atoms with Gasteiger partial charge in [-0.3, -0.25) is 4.79 Å². The van der Waals surface area contributed by atoms with Crippen molar-refractivity contribution in [1.82, 2.24) is 9.88 Å². The van der Waals surface area contributed by atoms with Gasteiger partial charge in [0.25, 0.3) is 5.91 Å². The number of carbonyl (C=O) groups is 1. The monoisotopic (exact) mass is 279 g/mol. The van der Waals surface area contributed by atoms with Crippen molar-refractivity contribution in [3.05, 3.63) is 23.4 Å². The normalized spacial score (nSPS) is 10.4. The topological polar surface area (TPSA) is 65.5 Å². The molecule has 20 heavy (non-hydrogen) atoms. The van der Waals surface area contributed by atoms with Crippen LogP contribution in [0.5, 0.6) is 0 Å². The molecule has 0 aromatic carbocycles. The van der Waals surface area contributed by atoms with Crippen LogP contribution >= 0.6 is 0 Å². The first-order valence-corrected chi connectivity index (χ1v) is 7.31. The summed E-state index contributed by atoms with van der Waals surface area (Å²) in [6.45, 7) is 7.77. The molecule has 0 aliphatic rings. The summed E-state index contributed by atoms with van der Waals surface area (Å²) in [4.78, 5) is 18.5. The summed E-state index contributed by atoms with van der Waals surface area (Å²) < 4.78 is 0. The molecule has 0 aliphatic carbocycles. The fraction of sp³-hybridized carbons (Fsp3) is 0.600. The smallest absolute Gasteiger partial charge is 0.254 e. The van der Waals surface area contributed by atoms with Gasteiger partial charge in [-0.15, -0.1) is 0 Å². The Hall–Kier alpha value is -1.62. The molecule has 0 bridgehead atoms. The van der Waals surface area contributed by atoms with E-state index in [4.69, 9.17) is 5.11 Å². The molecule has 0 spiro atoms. The zero-order valence-corrected chi connectivity index (χ0v) is 12.6. The van der Waals surface area contributed by atoms with Crippen molar-refractivity contribution >= 4 is 11.7 Å². The highest BCUT2D eigenvalue weighted by molar-refractivity contribution is 5.95. The summed E-state index contributed by atoms with van der Waals surface area (Å²) in [5.74, 6) is 0.688. The number of aliphatic hydroxyl groups is 1. The van der Waals surface area contributed by atoms with Gasteiger partial charge in [-0.05, 0) is 31.9 Å². The summed E-state index contributed by atoms with van der Waals surface area (Å²) in [6.07, 6.45) is 1.79. The van der Waals surface area contributed by atoms with E-state index < -0.39 is 0 Å². The minimum atomic E-state index is -0.0572. The van der Waals surface area contributed by atoms with Crippen LogP contribution in [0, 0.1) is 0 Å². The highest BCUT2D eigenvalue weighted by Gasteiger charge is 2.15. The van der Waals surface area contributed by atoms with E-state index in [9.17, 15) is 4.79 Å². The maximum absolute atomic E-state index is 12.4. The standard InChI is InChI=1S/C15H25N3O2/c1-4-7-16-14-11-12(10-13(5-2)17-14)15(20)18(6-3)8-9-19/h10-11,19H,4-9H2,1-3H3,(H,16,17). The minimum Gasteiger partial charge on any atom is -0.395 e. The average Bonchev–Trinajstić information content (AvgIpc) is 2.49. The highest BCUT2D eigenvalue weighted by Crippen LogP contribution is 2.14. The Labute approximate surface area is 121 Å². The zero-order chi connectivity index (χ0) is 15.0. The van der Waals surface area contributed by atoms with Crippen LogP contribution in [0.2, 0.25) is 0 Å². The second-order valence-electron chi connectivity index (χ2n) is 4.62. The van der Waals surface area contributed by atoms with Gasteiger partial charge in [0.05, 0.1) is 6.61 Å². The molecule has 5 heteroatoms. The van der Waals surface area contributed by atoms with Gasteiger partial charge < -0.3 is 15.3 Å². The van der Waals surface area contributed by atoms with Crippen molar-refractivity contribution < 1.29 is 9.90 Å². The van der Waals surface area contributed by atoms with Crippen LogP contribution in [0.4, 0.5) is 5.82 Å². The van der Waals surface area contributed by atoms with Gasteiger partial charge >= 0.3 is 0 Å². The SMILES string of the molecule is CCCNc1cc(C(=O)N(CC)CCO)cc(CC)n1. The first-order valence-electron chi connectivity index (χ1n) is 7.31. The number of aryl methyl sites for hydroxylation is 1. The van der Waals surface area contributed by atoms with Gasteiger partial charge in [-0.1, -0.05) is 13.8 Å². The van der Waals surface area contributed by atoms with Crippen molar-refractivity contribution in [2.45, 2.75) is 33.6 Å². The maximum atomic E-state index is 12.4. The van der Waals surface area contributed by atoms with Crippen LogP contribution in [0.25, 0.3) is 0 Å². The molecule has 0 aliphatic heterocycles. The number of likely N-dealkylation sites (N-methyl/N-ethyl adjacent to an activating group) is 1. The maximum Gasteiger partial charge on any atom is 0.254 e. The predicted molar refractivity (Wildman–Crippen MR) is 81.1 cm³/mol. The number of pyridine rings is 1. The largest absolute Gasteiger partial charge is 0.395 e. The van der Waals surface area contributed by atoms with Crippen molar-refractivity contribution in [2.75, 3.05) is 31.6 Å². The van der Waals surface area contributed by atoms with Gasteiger partial charge in [-0.25, -0.2) is 4.98 Å². The van der Waals surface area contributed by atoms with Gasteiger partial charge in [0.2, 0.25) is 0 Å². The van der Waals surface area contributed by atoms with E-state index in [-0.39, 0.29) is 12.5 Å². The number of nitrogens with zero attached hydrogens (tertiary/aromatic N) is 2. The molecule has 0 atom stereocenters. The fourth-order valence-corrected chi connectivity index (χ4v) is 1.94. The highest BCUT2D eigenvalue weighted by atomic mass is 16.3. The molecule has 1 amide bonds. The number of rotatable bonds is 8. The summed E-state index contributed by atoms with van der Waals surface area (Å²) in [5.41, 5.74) is 1.53. The van der Waals surface area contributed by atoms with Crippen molar-refractivity contribution in [3.63, 3.8) is 0 Å². The molecule has 0 unspecified atom stereocenters. The van der Waals surface area contributed by atoms with Crippen molar-refractivity contribution in [2.24, 2.45) is 0 Å². The third-order valence-electron chi connectivity index (χ3n) is 3.08. The lowest BCUT2D eigenvalue weighted by Crippen LogP contribution is -2.33. The molecule has 112 valence electrons. The number of anilines is 1. The van der Waals surface area contributed by atoms with Crippen molar-refractivity contribution in [1.29, 1.82) is 0 Å². The van der Waals surface area contributed by atoms with E-state index in [0.29, 0.717) is 18.7 Å². The molecule has 2 N–H and O–H groups in total. The van der Waals surface area contributed by atoms with E-state index >= 15 is 0 Å². The Kier molecular flexibility index (Phi) is 7.01. The molecular formula is C15H25N3O2. The molecule has 1 aromatic rings. The van der Waals surface area contributed by atoms with Crippen LogP contribution in [-0.2, 0) is 6.42 Å². The van der Waals surface area contributed by atoms with Crippen LogP contribution in [0.3, 0.4) is 0 Å². The van der Waals surface area contributed by atoms with E-state index in [1.54, 1.807) is 11.0 Å². The Balaban J connectivity index is 2.99. The predicted octanol–water partition coefficient (Wildman–Crippen LogP) is 1.92. The molecule has 1 heterocycles. The molecule has 0 saturated carbocycles. The molecule has 0 radical (unpaired) electrons.